The Balaban J connectivity index is 1.60. The molecule has 224 valence electrons. The number of hydrogen-bond donors (Lipinski definition) is 0. The smallest absolute Gasteiger partial charge is 0.261 e. The van der Waals surface area contributed by atoms with Crippen LogP contribution in [0.5, 0.6) is 0 Å². The molecule has 0 spiro atoms. The number of carbonyl (C=O) groups is 4. The van der Waals surface area contributed by atoms with Crippen LogP contribution in [-0.4, -0.2) is 46.5 Å². The van der Waals surface area contributed by atoms with E-state index in [4.69, 9.17) is 46.4 Å². The van der Waals surface area contributed by atoms with Crippen molar-refractivity contribution in [3.63, 3.8) is 0 Å². The standard InChI is InChI=1S/C34H26Cl4N2O4/c1-3-5-7-9-39-31(41)15-11-19(35)25-27-21(37)13-17-24-18(34(44)40(33(17)43)10-8-6-4-2)14-22(38)28(30(24)27)26-20(36)12-16(32(39)42)23(15)29(25)26/h11-14H,3-10H2,1-2H3. The van der Waals surface area contributed by atoms with Crippen molar-refractivity contribution in [2.75, 3.05) is 13.1 Å². The first-order chi connectivity index (χ1) is 21.1. The maximum absolute atomic E-state index is 13.8. The summed E-state index contributed by atoms with van der Waals surface area (Å²) >= 11 is 28.0. The molecular weight excluding hydrogens is 642 g/mol. The van der Waals surface area contributed by atoms with Crippen LogP contribution < -0.4 is 0 Å². The minimum atomic E-state index is -0.423. The number of amides is 4. The highest BCUT2D eigenvalue weighted by Crippen LogP contribution is 2.53. The van der Waals surface area contributed by atoms with Crippen molar-refractivity contribution in [3.05, 3.63) is 66.6 Å². The number of rotatable bonds is 8. The van der Waals surface area contributed by atoms with E-state index < -0.39 is 23.6 Å². The first-order valence-corrected chi connectivity index (χ1v) is 16.3. The summed E-state index contributed by atoms with van der Waals surface area (Å²) in [7, 11) is 0. The van der Waals surface area contributed by atoms with Crippen molar-refractivity contribution in [2.45, 2.75) is 52.4 Å². The van der Waals surface area contributed by atoms with Crippen molar-refractivity contribution < 1.29 is 19.2 Å². The van der Waals surface area contributed by atoms with Gasteiger partial charge in [-0.15, -0.1) is 0 Å². The highest BCUT2D eigenvalue weighted by atomic mass is 35.5. The molecule has 0 saturated carbocycles. The van der Waals surface area contributed by atoms with E-state index in [-0.39, 0.29) is 33.2 Å². The van der Waals surface area contributed by atoms with Crippen molar-refractivity contribution in [3.8, 4) is 0 Å². The Hall–Kier alpha value is -3.16. The number of imide groups is 2. The zero-order valence-electron chi connectivity index (χ0n) is 24.0. The third-order valence-corrected chi connectivity index (χ3v) is 10.2. The van der Waals surface area contributed by atoms with Gasteiger partial charge in [0.25, 0.3) is 23.6 Å². The van der Waals surface area contributed by atoms with E-state index in [9.17, 15) is 19.2 Å². The van der Waals surface area contributed by atoms with Gasteiger partial charge in [-0.3, -0.25) is 29.0 Å². The molecule has 2 heterocycles. The third kappa shape index (κ3) is 3.94. The lowest BCUT2D eigenvalue weighted by Gasteiger charge is -2.31. The van der Waals surface area contributed by atoms with E-state index in [0.717, 1.165) is 25.7 Å². The van der Waals surface area contributed by atoms with Crippen LogP contribution in [0.1, 0.15) is 93.8 Å². The van der Waals surface area contributed by atoms with Gasteiger partial charge >= 0.3 is 0 Å². The van der Waals surface area contributed by atoms with E-state index in [2.05, 4.69) is 13.8 Å². The molecule has 0 radical (unpaired) electrons. The van der Waals surface area contributed by atoms with Gasteiger partial charge in [-0.05, 0) is 37.1 Å². The molecule has 0 aromatic heterocycles. The lowest BCUT2D eigenvalue weighted by molar-refractivity contribution is 0.0592. The van der Waals surface area contributed by atoms with E-state index >= 15 is 0 Å². The maximum atomic E-state index is 13.8. The van der Waals surface area contributed by atoms with Gasteiger partial charge in [0, 0.05) is 76.3 Å². The molecule has 44 heavy (non-hydrogen) atoms. The molecule has 0 unspecified atom stereocenters. The predicted molar refractivity (Wildman–Crippen MR) is 177 cm³/mol. The van der Waals surface area contributed by atoms with E-state index in [1.54, 1.807) is 24.3 Å². The van der Waals surface area contributed by atoms with Gasteiger partial charge in [-0.1, -0.05) is 85.9 Å². The summed E-state index contributed by atoms with van der Waals surface area (Å²) in [6.45, 7) is 4.67. The number of carbonyl (C=O) groups excluding carboxylic acids is 4. The van der Waals surface area contributed by atoms with Crippen molar-refractivity contribution in [1.29, 1.82) is 0 Å². The summed E-state index contributed by atoms with van der Waals surface area (Å²) in [6, 6.07) is 6.30. The zero-order valence-corrected chi connectivity index (χ0v) is 27.0. The zero-order chi connectivity index (χ0) is 31.2. The Kier molecular flexibility index (Phi) is 7.21. The second-order valence-corrected chi connectivity index (χ2v) is 13.2. The number of fused-ring (bicyclic) bond motifs is 2. The fraction of sp³-hybridized carbons (Fsp3) is 0.294. The van der Waals surface area contributed by atoms with Crippen LogP contribution in [-0.2, 0) is 0 Å². The Morgan fingerprint density at radius 1 is 0.432 bits per heavy atom. The molecule has 6 nitrogen and oxygen atoms in total. The molecule has 7 rings (SSSR count). The maximum Gasteiger partial charge on any atom is 0.261 e. The molecule has 0 N–H and O–H groups in total. The van der Waals surface area contributed by atoms with Crippen LogP contribution in [0.4, 0.5) is 0 Å². The molecule has 0 saturated heterocycles. The summed E-state index contributed by atoms with van der Waals surface area (Å²) in [4.78, 5) is 57.5. The second-order valence-electron chi connectivity index (χ2n) is 11.6. The van der Waals surface area contributed by atoms with Gasteiger partial charge in [0.05, 0.1) is 22.3 Å². The summed E-state index contributed by atoms with van der Waals surface area (Å²) in [6.07, 6.45) is 5.00. The minimum absolute atomic E-state index is 0.234. The molecule has 0 fully saturated rings. The molecule has 4 amide bonds. The SMILES string of the molecule is CCCCCN1C(=O)c2cc(Cl)c3c4c(Cl)cc5c6c(cc(Cl)c(c7c(Cl)cc(c2c37)C1=O)c64)C(=O)N(CCCCC)C5=O. The highest BCUT2D eigenvalue weighted by molar-refractivity contribution is 6.56. The molecular formula is C34H26Cl4N2O4. The van der Waals surface area contributed by atoms with E-state index in [1.807, 2.05) is 0 Å². The van der Waals surface area contributed by atoms with Gasteiger partial charge in [0.2, 0.25) is 0 Å². The van der Waals surface area contributed by atoms with Gasteiger partial charge in [0.1, 0.15) is 0 Å². The third-order valence-electron chi connectivity index (χ3n) is 8.99. The van der Waals surface area contributed by atoms with Crippen LogP contribution in [0.25, 0.3) is 43.1 Å². The topological polar surface area (TPSA) is 74.8 Å². The number of halogens is 4. The Labute approximate surface area is 273 Å². The number of hydrogen-bond acceptors (Lipinski definition) is 4. The summed E-state index contributed by atoms with van der Waals surface area (Å²) in [5.41, 5.74) is 1.19. The lowest BCUT2D eigenvalue weighted by Crippen LogP contribution is -2.41. The average Bonchev–Trinajstić information content (AvgIpc) is 2.99. The molecule has 10 heteroatoms. The van der Waals surface area contributed by atoms with Gasteiger partial charge in [-0.25, -0.2) is 0 Å². The van der Waals surface area contributed by atoms with Crippen LogP contribution in [0.15, 0.2) is 24.3 Å². The van der Waals surface area contributed by atoms with Crippen molar-refractivity contribution in [1.82, 2.24) is 9.80 Å². The fourth-order valence-corrected chi connectivity index (χ4v) is 8.20. The van der Waals surface area contributed by atoms with Gasteiger partial charge in [0.15, 0.2) is 0 Å². The van der Waals surface area contributed by atoms with Crippen LogP contribution in [0.2, 0.25) is 20.1 Å². The van der Waals surface area contributed by atoms with Gasteiger partial charge in [-0.2, -0.15) is 0 Å². The van der Waals surface area contributed by atoms with Crippen LogP contribution in [0.3, 0.4) is 0 Å². The second kappa shape index (κ2) is 10.7. The normalized spacial score (nSPS) is 15.0. The monoisotopic (exact) mass is 666 g/mol. The summed E-state index contributed by atoms with van der Waals surface area (Å²) in [5, 5.41) is 4.72. The average molecular weight is 668 g/mol. The molecule has 2 aliphatic rings. The summed E-state index contributed by atoms with van der Waals surface area (Å²) in [5.74, 6) is -1.69. The van der Waals surface area contributed by atoms with Crippen LogP contribution in [0, 0.1) is 0 Å². The van der Waals surface area contributed by atoms with Gasteiger partial charge < -0.3 is 0 Å². The molecule has 0 aliphatic carbocycles. The van der Waals surface area contributed by atoms with Crippen molar-refractivity contribution in [2.24, 2.45) is 0 Å². The lowest BCUT2D eigenvalue weighted by atomic mass is 9.82. The minimum Gasteiger partial charge on any atom is -0.274 e. The largest absolute Gasteiger partial charge is 0.274 e. The van der Waals surface area contributed by atoms with Crippen molar-refractivity contribution >= 4 is 113 Å². The van der Waals surface area contributed by atoms with Crippen LogP contribution >= 0.6 is 46.4 Å². The summed E-state index contributed by atoms with van der Waals surface area (Å²) < 4.78 is 0. The fourth-order valence-electron chi connectivity index (χ4n) is 7.01. The number of benzene rings is 5. The molecule has 0 atom stereocenters. The molecule has 5 aromatic rings. The molecule has 0 bridgehead atoms. The first-order valence-electron chi connectivity index (χ1n) is 14.8. The Morgan fingerprint density at radius 2 is 0.705 bits per heavy atom. The molecule has 2 aliphatic heterocycles. The number of nitrogens with zero attached hydrogens (tertiary/aromatic N) is 2. The Bertz CT molecular complexity index is 1860. The number of unbranched alkanes of at least 4 members (excludes halogenated alkanes) is 4. The quantitative estimate of drug-likeness (QED) is 0.0714. The predicted octanol–water partition coefficient (Wildman–Crippen LogP) is 9.92. The molecule has 5 aromatic carbocycles. The van der Waals surface area contributed by atoms with E-state index in [1.165, 1.54) is 9.80 Å². The highest BCUT2D eigenvalue weighted by Gasteiger charge is 2.39. The Morgan fingerprint density at radius 3 is 0.955 bits per heavy atom. The van der Waals surface area contributed by atoms with E-state index in [0.29, 0.717) is 78.2 Å². The first kappa shape index (κ1) is 29.5.